The lowest BCUT2D eigenvalue weighted by Crippen LogP contribution is -2.33. The van der Waals surface area contributed by atoms with Crippen LogP contribution in [-0.4, -0.2) is 62.8 Å². The van der Waals surface area contributed by atoms with Gasteiger partial charge in [0.2, 0.25) is 0 Å². The minimum Gasteiger partial charge on any atom is -0.496 e. The van der Waals surface area contributed by atoms with Crippen LogP contribution in [0.25, 0.3) is 22.6 Å². The molecule has 2 fully saturated rings. The van der Waals surface area contributed by atoms with Crippen LogP contribution < -0.4 is 10.1 Å². The van der Waals surface area contributed by atoms with Crippen LogP contribution in [0.15, 0.2) is 43.0 Å². The van der Waals surface area contributed by atoms with Gasteiger partial charge >= 0.3 is 0 Å². The molecule has 1 amide bonds. The van der Waals surface area contributed by atoms with Crippen molar-refractivity contribution in [2.75, 3.05) is 26.7 Å². The first-order chi connectivity index (χ1) is 18.9. The molecule has 4 heterocycles. The van der Waals surface area contributed by atoms with Crippen LogP contribution in [0.4, 0.5) is 4.39 Å². The second-order valence-corrected chi connectivity index (χ2v) is 10.8. The molecule has 1 aliphatic heterocycles. The highest BCUT2D eigenvalue weighted by molar-refractivity contribution is 5.95. The van der Waals surface area contributed by atoms with Gasteiger partial charge < -0.3 is 15.0 Å². The molecule has 1 saturated heterocycles. The highest BCUT2D eigenvalue weighted by atomic mass is 19.1. The molecule has 3 aromatic heterocycles. The Kier molecular flexibility index (Phi) is 6.85. The second-order valence-electron chi connectivity index (χ2n) is 10.8. The van der Waals surface area contributed by atoms with Gasteiger partial charge in [-0.3, -0.25) is 9.20 Å². The maximum Gasteiger partial charge on any atom is 0.254 e. The van der Waals surface area contributed by atoms with E-state index in [1.54, 1.807) is 24.1 Å². The molecule has 1 aliphatic carbocycles. The van der Waals surface area contributed by atoms with Crippen molar-refractivity contribution in [2.45, 2.75) is 57.9 Å². The van der Waals surface area contributed by atoms with E-state index < -0.39 is 5.82 Å². The number of fused-ring (bicyclic) bond motifs is 1. The van der Waals surface area contributed by atoms with Gasteiger partial charge in [0.1, 0.15) is 17.2 Å². The Morgan fingerprint density at radius 2 is 1.92 bits per heavy atom. The molecule has 0 bridgehead atoms. The van der Waals surface area contributed by atoms with E-state index in [0.29, 0.717) is 17.2 Å². The van der Waals surface area contributed by atoms with E-state index in [-0.39, 0.29) is 17.5 Å². The number of carbonyl (C=O) groups is 1. The highest BCUT2D eigenvalue weighted by Crippen LogP contribution is 2.36. The van der Waals surface area contributed by atoms with Crippen molar-refractivity contribution in [3.63, 3.8) is 0 Å². The largest absolute Gasteiger partial charge is 0.496 e. The number of hydrogen-bond acceptors (Lipinski definition) is 5. The number of carbonyl (C=O) groups excluding carboxylic acids is 1. The average Bonchev–Trinajstić information content (AvgIpc) is 3.45. The van der Waals surface area contributed by atoms with Crippen molar-refractivity contribution in [3.05, 3.63) is 65.5 Å². The first kappa shape index (κ1) is 25.6. The summed E-state index contributed by atoms with van der Waals surface area (Å²) in [5, 5.41) is 7.45. The number of methoxy groups -OCH3 is 1. The summed E-state index contributed by atoms with van der Waals surface area (Å²) in [4.78, 5) is 19.8. The smallest absolute Gasteiger partial charge is 0.254 e. The van der Waals surface area contributed by atoms with Gasteiger partial charge in [-0.2, -0.15) is 5.10 Å². The minimum absolute atomic E-state index is 0.0380. The Balaban J connectivity index is 1.32. The number of hydrogen-bond donors (Lipinski definition) is 1. The number of halogens is 1. The standard InChI is InChI=1S/C30H35FN6O2/c1-4-9-35-10-7-20(8-11-35)24-18-36-27(16-32-29(36)14-28(24)39-3)21-15-33-37(17-21)26-13-23(25(31)12-19(26)2)30(38)34-22-5-6-22/h12-18,20,22H,4-11H2,1-3H3,(H,34,38). The number of nitrogens with zero attached hydrogens (tertiary/aromatic N) is 5. The number of nitrogens with one attached hydrogen (secondary N) is 1. The average molecular weight is 531 g/mol. The van der Waals surface area contributed by atoms with Crippen molar-refractivity contribution in [1.82, 2.24) is 29.4 Å². The zero-order valence-corrected chi connectivity index (χ0v) is 22.8. The lowest BCUT2D eigenvalue weighted by molar-refractivity contribution is 0.0947. The lowest BCUT2D eigenvalue weighted by atomic mass is 9.89. The number of pyridine rings is 1. The summed E-state index contributed by atoms with van der Waals surface area (Å²) in [5.74, 6) is 0.402. The zero-order chi connectivity index (χ0) is 27.1. The topological polar surface area (TPSA) is 76.7 Å². The number of likely N-dealkylation sites (tertiary alicyclic amines) is 1. The van der Waals surface area contributed by atoms with Crippen molar-refractivity contribution in [2.24, 2.45) is 0 Å². The van der Waals surface area contributed by atoms with E-state index in [1.165, 1.54) is 18.1 Å². The third-order valence-corrected chi connectivity index (χ3v) is 7.99. The van der Waals surface area contributed by atoms with Crippen LogP contribution in [0, 0.1) is 12.7 Å². The molecule has 9 heteroatoms. The van der Waals surface area contributed by atoms with Crippen LogP contribution >= 0.6 is 0 Å². The molecular weight excluding hydrogens is 495 g/mol. The molecule has 1 N–H and O–H groups in total. The molecule has 1 saturated carbocycles. The van der Waals surface area contributed by atoms with Crippen LogP contribution in [0.2, 0.25) is 0 Å². The molecule has 0 spiro atoms. The number of imidazole rings is 1. The van der Waals surface area contributed by atoms with Crippen LogP contribution in [0.5, 0.6) is 5.75 Å². The molecule has 39 heavy (non-hydrogen) atoms. The van der Waals surface area contributed by atoms with Crippen LogP contribution in [0.3, 0.4) is 0 Å². The van der Waals surface area contributed by atoms with E-state index in [0.717, 1.165) is 68.0 Å². The van der Waals surface area contributed by atoms with Crippen molar-refractivity contribution in [3.8, 4) is 22.7 Å². The summed E-state index contributed by atoms with van der Waals surface area (Å²) in [6.45, 7) is 7.40. The Morgan fingerprint density at radius 1 is 1.13 bits per heavy atom. The normalized spacial score (nSPS) is 16.6. The molecule has 8 nitrogen and oxygen atoms in total. The van der Waals surface area contributed by atoms with Gasteiger partial charge in [0.25, 0.3) is 5.91 Å². The number of piperidine rings is 1. The first-order valence-electron chi connectivity index (χ1n) is 13.9. The van der Waals surface area contributed by atoms with Gasteiger partial charge in [0, 0.05) is 35.6 Å². The SMILES string of the molecule is CCCN1CCC(c2cn3c(-c4cnn(-c5cc(C(=O)NC6CC6)c(F)cc5C)c4)cnc3cc2OC)CC1. The molecule has 0 radical (unpaired) electrons. The van der Waals surface area contributed by atoms with Gasteiger partial charge in [0.05, 0.1) is 36.4 Å². The van der Waals surface area contributed by atoms with Gasteiger partial charge in [0.15, 0.2) is 0 Å². The van der Waals surface area contributed by atoms with Gasteiger partial charge in [-0.25, -0.2) is 14.1 Å². The third-order valence-electron chi connectivity index (χ3n) is 7.99. The van der Waals surface area contributed by atoms with E-state index in [1.807, 2.05) is 25.4 Å². The molecule has 1 aromatic carbocycles. The van der Waals surface area contributed by atoms with E-state index in [9.17, 15) is 9.18 Å². The number of ether oxygens (including phenoxy) is 1. The number of rotatable bonds is 8. The summed E-state index contributed by atoms with van der Waals surface area (Å²) in [6.07, 6.45) is 13.0. The van der Waals surface area contributed by atoms with E-state index in [2.05, 4.69) is 37.8 Å². The van der Waals surface area contributed by atoms with Gasteiger partial charge in [-0.1, -0.05) is 6.92 Å². The Morgan fingerprint density at radius 3 is 2.64 bits per heavy atom. The van der Waals surface area contributed by atoms with E-state index in [4.69, 9.17) is 4.74 Å². The Hall–Kier alpha value is -3.72. The fraction of sp³-hybridized carbons (Fsp3) is 0.433. The maximum absolute atomic E-state index is 14.7. The van der Waals surface area contributed by atoms with Gasteiger partial charge in [-0.05, 0) is 82.3 Å². The number of benzene rings is 1. The Bertz CT molecular complexity index is 1510. The summed E-state index contributed by atoms with van der Waals surface area (Å²) in [5.41, 5.74) is 5.20. The van der Waals surface area contributed by atoms with Gasteiger partial charge in [-0.15, -0.1) is 0 Å². The molecule has 0 atom stereocenters. The predicted molar refractivity (Wildman–Crippen MR) is 148 cm³/mol. The van der Waals surface area contributed by atoms with Crippen LogP contribution in [0.1, 0.15) is 66.4 Å². The zero-order valence-electron chi connectivity index (χ0n) is 22.8. The first-order valence-corrected chi connectivity index (χ1v) is 13.9. The second kappa shape index (κ2) is 10.4. The Labute approximate surface area is 227 Å². The summed E-state index contributed by atoms with van der Waals surface area (Å²) in [7, 11) is 1.72. The highest BCUT2D eigenvalue weighted by Gasteiger charge is 2.26. The lowest BCUT2D eigenvalue weighted by Gasteiger charge is -2.32. The quantitative estimate of drug-likeness (QED) is 0.342. The van der Waals surface area contributed by atoms with E-state index >= 15 is 0 Å². The predicted octanol–water partition coefficient (Wildman–Crippen LogP) is 5.12. The van der Waals surface area contributed by atoms with Crippen molar-refractivity contribution >= 4 is 11.6 Å². The molecule has 4 aromatic rings. The molecule has 6 rings (SSSR count). The fourth-order valence-electron chi connectivity index (χ4n) is 5.66. The van der Waals surface area contributed by atoms with Crippen LogP contribution in [-0.2, 0) is 0 Å². The maximum atomic E-state index is 14.7. The number of aromatic nitrogens is 4. The minimum atomic E-state index is -0.523. The number of aryl methyl sites for hydroxylation is 1. The molecule has 204 valence electrons. The monoisotopic (exact) mass is 530 g/mol. The summed E-state index contributed by atoms with van der Waals surface area (Å²) in [6, 6.07) is 5.15. The molecule has 0 unspecified atom stereocenters. The molecule has 2 aliphatic rings. The summed E-state index contributed by atoms with van der Waals surface area (Å²) >= 11 is 0. The van der Waals surface area contributed by atoms with Crippen molar-refractivity contribution < 1.29 is 13.9 Å². The fourth-order valence-corrected chi connectivity index (χ4v) is 5.66. The number of amides is 1. The molecular formula is C30H35FN6O2. The summed E-state index contributed by atoms with van der Waals surface area (Å²) < 4.78 is 24.3. The van der Waals surface area contributed by atoms with Crippen molar-refractivity contribution in [1.29, 1.82) is 0 Å². The third kappa shape index (κ3) is 5.03.